The molecule has 0 unspecified atom stereocenters. The van der Waals surface area contributed by atoms with Gasteiger partial charge in [0.1, 0.15) is 5.52 Å². The Morgan fingerprint density at radius 3 is 3.00 bits per heavy atom. The summed E-state index contributed by atoms with van der Waals surface area (Å²) >= 11 is 1.35. The number of thiazole rings is 1. The van der Waals surface area contributed by atoms with E-state index in [2.05, 4.69) is 15.3 Å². The van der Waals surface area contributed by atoms with Crippen molar-refractivity contribution >= 4 is 38.9 Å². The number of nitrogens with one attached hydrogen (secondary N) is 2. The molecule has 3 aromatic heterocycles. The van der Waals surface area contributed by atoms with Crippen LogP contribution in [0.5, 0.6) is 0 Å². The summed E-state index contributed by atoms with van der Waals surface area (Å²) < 4.78 is 1.80. The lowest BCUT2D eigenvalue weighted by Gasteiger charge is -2.06. The average molecular weight is 310 g/mol. The predicted molar refractivity (Wildman–Crippen MR) is 85.6 cm³/mol. The Bertz CT molecular complexity index is 1050. The molecular weight excluding hydrogens is 300 g/mol. The van der Waals surface area contributed by atoms with Gasteiger partial charge in [-0.05, 0) is 30.3 Å². The summed E-state index contributed by atoms with van der Waals surface area (Å²) in [5.41, 5.74) is 2.30. The lowest BCUT2D eigenvalue weighted by molar-refractivity contribution is 0.102. The third-order valence-electron chi connectivity index (χ3n) is 3.40. The molecule has 0 fully saturated rings. The molecule has 3 heterocycles. The number of carbonyl (C=O) groups is 1. The Morgan fingerprint density at radius 2 is 2.18 bits per heavy atom. The van der Waals surface area contributed by atoms with Gasteiger partial charge in [0.2, 0.25) is 0 Å². The highest BCUT2D eigenvalue weighted by Gasteiger charge is 2.10. The van der Waals surface area contributed by atoms with Crippen LogP contribution in [0.4, 0.5) is 5.13 Å². The van der Waals surface area contributed by atoms with Gasteiger partial charge in [-0.1, -0.05) is 0 Å². The molecule has 0 atom stereocenters. The van der Waals surface area contributed by atoms with Crippen molar-refractivity contribution in [2.45, 2.75) is 0 Å². The second-order valence-electron chi connectivity index (χ2n) is 4.74. The summed E-state index contributed by atoms with van der Waals surface area (Å²) in [4.78, 5) is 31.0. The van der Waals surface area contributed by atoms with E-state index in [1.165, 1.54) is 11.3 Å². The SMILES string of the molecule is O=C(Nc1nccs1)c1ccc2c(c1)[nH]c(=O)c1cccn12. The Balaban J connectivity index is 1.82. The predicted octanol–water partition coefficient (Wildman–Crippen LogP) is 2.49. The number of aromatic nitrogens is 3. The van der Waals surface area contributed by atoms with Gasteiger partial charge in [-0.3, -0.25) is 14.9 Å². The van der Waals surface area contributed by atoms with Crippen LogP contribution in [0.2, 0.25) is 0 Å². The highest BCUT2D eigenvalue weighted by molar-refractivity contribution is 7.13. The van der Waals surface area contributed by atoms with Gasteiger partial charge in [-0.25, -0.2) is 4.98 Å². The normalized spacial score (nSPS) is 11.1. The van der Waals surface area contributed by atoms with E-state index in [4.69, 9.17) is 0 Å². The number of nitrogens with zero attached hydrogens (tertiary/aromatic N) is 2. The van der Waals surface area contributed by atoms with E-state index in [0.29, 0.717) is 21.7 Å². The van der Waals surface area contributed by atoms with Crippen molar-refractivity contribution < 1.29 is 4.79 Å². The van der Waals surface area contributed by atoms with Gasteiger partial charge in [0.15, 0.2) is 5.13 Å². The van der Waals surface area contributed by atoms with Gasteiger partial charge in [0, 0.05) is 23.3 Å². The molecular formula is C15H10N4O2S. The van der Waals surface area contributed by atoms with Gasteiger partial charge in [0.05, 0.1) is 11.0 Å². The molecule has 0 spiro atoms. The third kappa shape index (κ3) is 1.99. The van der Waals surface area contributed by atoms with E-state index in [0.717, 1.165) is 5.52 Å². The van der Waals surface area contributed by atoms with Crippen LogP contribution in [0.15, 0.2) is 52.9 Å². The summed E-state index contributed by atoms with van der Waals surface area (Å²) in [7, 11) is 0. The van der Waals surface area contributed by atoms with E-state index in [1.807, 2.05) is 18.3 Å². The lowest BCUT2D eigenvalue weighted by Crippen LogP contribution is -2.13. The molecule has 0 radical (unpaired) electrons. The number of hydrogen-bond acceptors (Lipinski definition) is 4. The maximum absolute atomic E-state index is 12.2. The Morgan fingerprint density at radius 1 is 1.27 bits per heavy atom. The molecule has 0 saturated heterocycles. The maximum atomic E-state index is 12.2. The second kappa shape index (κ2) is 4.81. The number of amides is 1. The van der Waals surface area contributed by atoms with Crippen LogP contribution in [0.3, 0.4) is 0 Å². The van der Waals surface area contributed by atoms with Crippen LogP contribution in [-0.2, 0) is 0 Å². The van der Waals surface area contributed by atoms with E-state index >= 15 is 0 Å². The van der Waals surface area contributed by atoms with Crippen LogP contribution in [-0.4, -0.2) is 20.3 Å². The summed E-state index contributed by atoms with van der Waals surface area (Å²) in [6.45, 7) is 0. The topological polar surface area (TPSA) is 79.3 Å². The molecule has 7 heteroatoms. The fraction of sp³-hybridized carbons (Fsp3) is 0. The fourth-order valence-corrected chi connectivity index (χ4v) is 2.93. The molecule has 0 aliphatic rings. The zero-order valence-corrected chi connectivity index (χ0v) is 12.1. The molecule has 4 aromatic rings. The third-order valence-corrected chi connectivity index (χ3v) is 4.09. The first-order valence-electron chi connectivity index (χ1n) is 6.56. The molecule has 0 aliphatic heterocycles. The standard InChI is InChI=1S/C15H10N4O2S/c20-13(18-15-16-5-7-22-15)9-3-4-11-10(8-9)17-14(21)12-2-1-6-19(11)12/h1-8H,(H,17,21)(H,16,18,20). The van der Waals surface area contributed by atoms with Crippen molar-refractivity contribution in [3.8, 4) is 0 Å². The van der Waals surface area contributed by atoms with E-state index < -0.39 is 0 Å². The smallest absolute Gasteiger partial charge is 0.272 e. The van der Waals surface area contributed by atoms with Crippen LogP contribution in [0, 0.1) is 0 Å². The highest BCUT2D eigenvalue weighted by atomic mass is 32.1. The zero-order chi connectivity index (χ0) is 15.1. The number of anilines is 1. The summed E-state index contributed by atoms with van der Waals surface area (Å²) in [6, 6.07) is 8.77. The van der Waals surface area contributed by atoms with Gasteiger partial charge < -0.3 is 9.38 Å². The molecule has 1 aromatic carbocycles. The fourth-order valence-electron chi connectivity index (χ4n) is 2.40. The zero-order valence-electron chi connectivity index (χ0n) is 11.2. The number of H-pyrrole nitrogens is 1. The second-order valence-corrected chi connectivity index (χ2v) is 5.64. The van der Waals surface area contributed by atoms with Crippen LogP contribution in [0.1, 0.15) is 10.4 Å². The first kappa shape index (κ1) is 12.8. The Labute approximate surface area is 128 Å². The highest BCUT2D eigenvalue weighted by Crippen LogP contribution is 2.17. The molecule has 0 saturated carbocycles. The Kier molecular flexibility index (Phi) is 2.80. The van der Waals surface area contributed by atoms with E-state index in [9.17, 15) is 9.59 Å². The first-order valence-corrected chi connectivity index (χ1v) is 7.44. The lowest BCUT2D eigenvalue weighted by atomic mass is 10.2. The average Bonchev–Trinajstić information content (AvgIpc) is 3.18. The van der Waals surface area contributed by atoms with Crippen molar-refractivity contribution in [3.63, 3.8) is 0 Å². The summed E-state index contributed by atoms with van der Waals surface area (Å²) in [5, 5.41) is 5.05. The Hall–Kier alpha value is -2.93. The van der Waals surface area contributed by atoms with E-state index in [-0.39, 0.29) is 11.5 Å². The minimum absolute atomic E-state index is 0.185. The minimum atomic E-state index is -0.259. The van der Waals surface area contributed by atoms with Gasteiger partial charge in [-0.15, -0.1) is 11.3 Å². The quantitative estimate of drug-likeness (QED) is 0.597. The van der Waals surface area contributed by atoms with Crippen molar-refractivity contribution in [1.29, 1.82) is 0 Å². The summed E-state index contributed by atoms with van der Waals surface area (Å²) in [5.74, 6) is -0.259. The molecule has 4 rings (SSSR count). The number of benzene rings is 1. The molecule has 2 N–H and O–H groups in total. The van der Waals surface area contributed by atoms with Gasteiger partial charge in [-0.2, -0.15) is 0 Å². The number of aromatic amines is 1. The van der Waals surface area contributed by atoms with Crippen molar-refractivity contribution in [1.82, 2.24) is 14.4 Å². The maximum Gasteiger partial charge on any atom is 0.272 e. The van der Waals surface area contributed by atoms with Crippen LogP contribution in [0.25, 0.3) is 16.6 Å². The number of fused-ring (bicyclic) bond motifs is 3. The molecule has 0 bridgehead atoms. The van der Waals surface area contributed by atoms with Crippen molar-refractivity contribution in [2.24, 2.45) is 0 Å². The minimum Gasteiger partial charge on any atom is -0.319 e. The molecule has 108 valence electrons. The summed E-state index contributed by atoms with van der Waals surface area (Å²) in [6.07, 6.45) is 3.45. The number of rotatable bonds is 2. The van der Waals surface area contributed by atoms with E-state index in [1.54, 1.807) is 34.2 Å². The molecule has 1 amide bonds. The van der Waals surface area contributed by atoms with Crippen LogP contribution >= 0.6 is 11.3 Å². The molecule has 0 aliphatic carbocycles. The monoisotopic (exact) mass is 310 g/mol. The van der Waals surface area contributed by atoms with Crippen molar-refractivity contribution in [3.05, 3.63) is 64.0 Å². The first-order chi connectivity index (χ1) is 10.7. The number of carbonyl (C=O) groups excluding carboxylic acids is 1. The molecule has 22 heavy (non-hydrogen) atoms. The van der Waals surface area contributed by atoms with Gasteiger partial charge >= 0.3 is 0 Å². The van der Waals surface area contributed by atoms with Gasteiger partial charge in [0.25, 0.3) is 11.5 Å². The largest absolute Gasteiger partial charge is 0.319 e. The van der Waals surface area contributed by atoms with Crippen LogP contribution < -0.4 is 10.9 Å². The van der Waals surface area contributed by atoms with Crippen molar-refractivity contribution in [2.75, 3.05) is 5.32 Å². The number of hydrogen-bond donors (Lipinski definition) is 2. The molecule has 6 nitrogen and oxygen atoms in total.